The lowest BCUT2D eigenvalue weighted by molar-refractivity contribution is 0.0674. The lowest BCUT2D eigenvalue weighted by Crippen LogP contribution is -2.44. The van der Waals surface area contributed by atoms with Crippen molar-refractivity contribution in [3.05, 3.63) is 28.8 Å². The summed E-state index contributed by atoms with van der Waals surface area (Å²) in [6.45, 7) is 3.49. The molecule has 104 valence electrons. The Morgan fingerprint density at radius 3 is 2.84 bits per heavy atom. The summed E-state index contributed by atoms with van der Waals surface area (Å²) in [4.78, 5) is 6.40. The number of guanidine groups is 1. The van der Waals surface area contributed by atoms with Gasteiger partial charge in [-0.05, 0) is 17.7 Å². The zero-order valence-corrected chi connectivity index (χ0v) is 11.7. The highest BCUT2D eigenvalue weighted by Crippen LogP contribution is 2.25. The summed E-state index contributed by atoms with van der Waals surface area (Å²) >= 11 is 6.06. The van der Waals surface area contributed by atoms with E-state index in [1.54, 1.807) is 7.11 Å². The van der Waals surface area contributed by atoms with Gasteiger partial charge < -0.3 is 20.1 Å². The van der Waals surface area contributed by atoms with Gasteiger partial charge in [0.2, 0.25) is 0 Å². The molecule has 0 unspecified atom stereocenters. The molecule has 1 aromatic rings. The molecule has 19 heavy (non-hydrogen) atoms. The van der Waals surface area contributed by atoms with E-state index in [0.717, 1.165) is 18.7 Å². The van der Waals surface area contributed by atoms with Crippen LogP contribution in [0, 0.1) is 0 Å². The van der Waals surface area contributed by atoms with Crippen molar-refractivity contribution in [1.29, 1.82) is 0 Å². The minimum Gasteiger partial charge on any atom is -0.495 e. The van der Waals surface area contributed by atoms with E-state index in [1.807, 2.05) is 23.1 Å². The Labute approximate surface area is 118 Å². The summed E-state index contributed by atoms with van der Waals surface area (Å²) in [6, 6.07) is 5.61. The Morgan fingerprint density at radius 1 is 1.47 bits per heavy atom. The Morgan fingerprint density at radius 2 is 2.21 bits per heavy atom. The van der Waals surface area contributed by atoms with Crippen LogP contribution in [0.15, 0.2) is 23.2 Å². The van der Waals surface area contributed by atoms with Crippen LogP contribution in [0.1, 0.15) is 5.56 Å². The van der Waals surface area contributed by atoms with E-state index < -0.39 is 0 Å². The van der Waals surface area contributed by atoms with Gasteiger partial charge >= 0.3 is 0 Å². The average Bonchev–Trinajstić information content (AvgIpc) is 2.46. The first-order chi connectivity index (χ1) is 9.20. The molecule has 0 spiro atoms. The fraction of sp³-hybridized carbons (Fsp3) is 0.462. The van der Waals surface area contributed by atoms with Crippen LogP contribution in [0.25, 0.3) is 0 Å². The van der Waals surface area contributed by atoms with Crippen molar-refractivity contribution in [2.45, 2.75) is 6.54 Å². The molecule has 1 aliphatic rings. The lowest BCUT2D eigenvalue weighted by atomic mass is 10.2. The highest BCUT2D eigenvalue weighted by atomic mass is 35.5. The van der Waals surface area contributed by atoms with Crippen molar-refractivity contribution in [2.75, 3.05) is 33.4 Å². The molecule has 1 aromatic carbocycles. The van der Waals surface area contributed by atoms with E-state index in [9.17, 15) is 0 Å². The maximum atomic E-state index is 6.06. The standard InChI is InChI=1S/C13H18ClN3O2/c1-18-12-3-2-10(8-11(12)14)9-16-13(15)17-4-6-19-7-5-17/h2-3,8H,4-7,9H2,1H3,(H2,15,16). The summed E-state index contributed by atoms with van der Waals surface area (Å²) in [5, 5.41) is 0.583. The van der Waals surface area contributed by atoms with Crippen LogP contribution in [0.3, 0.4) is 0 Å². The number of aliphatic imine (C=N–C) groups is 1. The highest BCUT2D eigenvalue weighted by Gasteiger charge is 2.12. The minimum atomic E-state index is 0.507. The second kappa shape index (κ2) is 6.63. The van der Waals surface area contributed by atoms with E-state index >= 15 is 0 Å². The monoisotopic (exact) mass is 283 g/mol. The van der Waals surface area contributed by atoms with Crippen LogP contribution >= 0.6 is 11.6 Å². The largest absolute Gasteiger partial charge is 0.495 e. The van der Waals surface area contributed by atoms with E-state index in [-0.39, 0.29) is 0 Å². The Balaban J connectivity index is 1.98. The molecule has 1 saturated heterocycles. The topological polar surface area (TPSA) is 60.1 Å². The third-order valence-electron chi connectivity index (χ3n) is 2.97. The predicted molar refractivity (Wildman–Crippen MR) is 75.7 cm³/mol. The van der Waals surface area contributed by atoms with E-state index in [0.29, 0.717) is 36.5 Å². The van der Waals surface area contributed by atoms with E-state index in [2.05, 4.69) is 4.99 Å². The van der Waals surface area contributed by atoms with Crippen LogP contribution in [-0.2, 0) is 11.3 Å². The summed E-state index contributed by atoms with van der Waals surface area (Å²) < 4.78 is 10.4. The average molecular weight is 284 g/mol. The molecule has 0 saturated carbocycles. The molecule has 1 aliphatic heterocycles. The molecule has 0 aliphatic carbocycles. The number of nitrogens with two attached hydrogens (primary N) is 1. The van der Waals surface area contributed by atoms with Gasteiger partial charge in [-0.3, -0.25) is 0 Å². The highest BCUT2D eigenvalue weighted by molar-refractivity contribution is 6.32. The molecule has 0 radical (unpaired) electrons. The summed E-state index contributed by atoms with van der Waals surface area (Å²) in [6.07, 6.45) is 0. The number of nitrogens with zero attached hydrogens (tertiary/aromatic N) is 2. The van der Waals surface area contributed by atoms with Gasteiger partial charge in [-0.15, -0.1) is 0 Å². The van der Waals surface area contributed by atoms with Crippen molar-refractivity contribution in [2.24, 2.45) is 10.7 Å². The SMILES string of the molecule is COc1ccc(CN=C(N)N2CCOCC2)cc1Cl. The number of benzene rings is 1. The Hall–Kier alpha value is -1.46. The molecule has 0 atom stereocenters. The van der Waals surface area contributed by atoms with Crippen molar-refractivity contribution < 1.29 is 9.47 Å². The second-order valence-electron chi connectivity index (χ2n) is 4.24. The summed E-state index contributed by atoms with van der Waals surface area (Å²) in [5.74, 6) is 1.21. The smallest absolute Gasteiger partial charge is 0.191 e. The van der Waals surface area contributed by atoms with Crippen molar-refractivity contribution >= 4 is 17.6 Å². The second-order valence-corrected chi connectivity index (χ2v) is 4.65. The van der Waals surface area contributed by atoms with Gasteiger partial charge in [0.1, 0.15) is 5.75 Å². The Kier molecular flexibility index (Phi) is 4.87. The molecular formula is C13H18ClN3O2. The third kappa shape index (κ3) is 3.75. The number of hydrogen-bond donors (Lipinski definition) is 1. The number of halogens is 1. The van der Waals surface area contributed by atoms with Crippen LogP contribution in [0.5, 0.6) is 5.75 Å². The molecule has 2 N–H and O–H groups in total. The van der Waals surface area contributed by atoms with Gasteiger partial charge in [-0.1, -0.05) is 17.7 Å². The zero-order valence-electron chi connectivity index (χ0n) is 10.9. The predicted octanol–water partition coefficient (Wildman–Crippen LogP) is 1.50. The number of methoxy groups -OCH3 is 1. The summed E-state index contributed by atoms with van der Waals surface area (Å²) in [5.41, 5.74) is 6.95. The lowest BCUT2D eigenvalue weighted by Gasteiger charge is -2.27. The van der Waals surface area contributed by atoms with Crippen LogP contribution < -0.4 is 10.5 Å². The van der Waals surface area contributed by atoms with Gasteiger partial charge in [0, 0.05) is 13.1 Å². The molecule has 0 amide bonds. The van der Waals surface area contributed by atoms with Gasteiger partial charge in [0.25, 0.3) is 0 Å². The van der Waals surface area contributed by atoms with Gasteiger partial charge in [0.05, 0.1) is 31.9 Å². The first-order valence-corrected chi connectivity index (χ1v) is 6.53. The number of ether oxygens (including phenoxy) is 2. The fourth-order valence-corrected chi connectivity index (χ4v) is 2.15. The van der Waals surface area contributed by atoms with Gasteiger partial charge in [-0.25, -0.2) is 4.99 Å². The molecule has 0 bridgehead atoms. The number of morpholine rings is 1. The maximum absolute atomic E-state index is 6.06. The van der Waals surface area contributed by atoms with Crippen molar-refractivity contribution in [1.82, 2.24) is 4.90 Å². The molecule has 6 heteroatoms. The number of hydrogen-bond acceptors (Lipinski definition) is 3. The van der Waals surface area contributed by atoms with Crippen LogP contribution in [0.2, 0.25) is 5.02 Å². The summed E-state index contributed by atoms with van der Waals surface area (Å²) in [7, 11) is 1.59. The van der Waals surface area contributed by atoms with Crippen molar-refractivity contribution in [3.63, 3.8) is 0 Å². The first-order valence-electron chi connectivity index (χ1n) is 6.15. The fourth-order valence-electron chi connectivity index (χ4n) is 1.87. The van der Waals surface area contributed by atoms with Gasteiger partial charge in [-0.2, -0.15) is 0 Å². The van der Waals surface area contributed by atoms with E-state index in [4.69, 9.17) is 26.8 Å². The number of rotatable bonds is 3. The molecule has 1 fully saturated rings. The van der Waals surface area contributed by atoms with Crippen LogP contribution in [0.4, 0.5) is 0 Å². The normalized spacial score (nSPS) is 16.5. The van der Waals surface area contributed by atoms with Gasteiger partial charge in [0.15, 0.2) is 5.96 Å². The third-order valence-corrected chi connectivity index (χ3v) is 3.27. The first kappa shape index (κ1) is 14.0. The zero-order chi connectivity index (χ0) is 13.7. The quantitative estimate of drug-likeness (QED) is 0.674. The maximum Gasteiger partial charge on any atom is 0.191 e. The van der Waals surface area contributed by atoms with Crippen LogP contribution in [-0.4, -0.2) is 44.3 Å². The molecule has 5 nitrogen and oxygen atoms in total. The molecular weight excluding hydrogens is 266 g/mol. The van der Waals surface area contributed by atoms with E-state index in [1.165, 1.54) is 0 Å². The molecule has 1 heterocycles. The van der Waals surface area contributed by atoms with Crippen molar-refractivity contribution in [3.8, 4) is 5.75 Å². The minimum absolute atomic E-state index is 0.507. The molecule has 2 rings (SSSR count). The Bertz CT molecular complexity index is 459. The molecule has 0 aromatic heterocycles.